The van der Waals surface area contributed by atoms with Crippen molar-refractivity contribution in [2.75, 3.05) is 10.6 Å². The predicted molar refractivity (Wildman–Crippen MR) is 125 cm³/mol. The number of nitriles is 1. The van der Waals surface area contributed by atoms with Gasteiger partial charge in [0.05, 0.1) is 5.56 Å². The zero-order chi connectivity index (χ0) is 21.7. The Kier molecular flexibility index (Phi) is 6.59. The summed E-state index contributed by atoms with van der Waals surface area (Å²) in [6.45, 7) is 8.96. The van der Waals surface area contributed by atoms with Crippen molar-refractivity contribution in [1.82, 2.24) is 0 Å². The number of nitrogens with zero attached hydrogens (tertiary/aromatic N) is 1. The maximum Gasteiger partial charge on any atom is 0.256 e. The highest BCUT2D eigenvalue weighted by atomic mass is 32.1. The van der Waals surface area contributed by atoms with Gasteiger partial charge in [-0.25, -0.2) is 0 Å². The number of hydrogen-bond donors (Lipinski definition) is 2. The lowest BCUT2D eigenvalue weighted by atomic mass is 9.86. The van der Waals surface area contributed by atoms with Gasteiger partial charge < -0.3 is 10.6 Å². The number of para-hydroxylation sites is 1. The molecule has 0 aliphatic carbocycles. The number of thiophene rings is 1. The van der Waals surface area contributed by atoms with Crippen LogP contribution in [0.25, 0.3) is 0 Å². The molecule has 1 heterocycles. The maximum atomic E-state index is 12.8. The number of carbonyl (C=O) groups is 1. The van der Waals surface area contributed by atoms with Crippen molar-refractivity contribution in [2.45, 2.75) is 46.1 Å². The van der Waals surface area contributed by atoms with Crippen LogP contribution in [-0.4, -0.2) is 5.91 Å². The first-order valence-corrected chi connectivity index (χ1v) is 11.0. The Hall–Kier alpha value is -3.10. The number of benzene rings is 2. The molecule has 0 spiro atoms. The number of rotatable bonds is 6. The SMILES string of the molecule is CCc1ccccc1NCc1cccc(C(=O)Nc2scc(C(C)(C)C)c2C#N)c1. The van der Waals surface area contributed by atoms with Gasteiger partial charge in [0.15, 0.2) is 0 Å². The van der Waals surface area contributed by atoms with Crippen LogP contribution in [0.15, 0.2) is 53.9 Å². The van der Waals surface area contributed by atoms with E-state index < -0.39 is 0 Å². The minimum Gasteiger partial charge on any atom is -0.381 e. The Labute approximate surface area is 182 Å². The van der Waals surface area contributed by atoms with Crippen LogP contribution >= 0.6 is 11.3 Å². The summed E-state index contributed by atoms with van der Waals surface area (Å²) in [6.07, 6.45) is 0.963. The summed E-state index contributed by atoms with van der Waals surface area (Å²) in [7, 11) is 0. The summed E-state index contributed by atoms with van der Waals surface area (Å²) in [5.41, 5.74) is 5.34. The predicted octanol–water partition coefficient (Wildman–Crippen LogP) is 6.34. The van der Waals surface area contributed by atoms with Crippen molar-refractivity contribution in [2.24, 2.45) is 0 Å². The van der Waals surface area contributed by atoms with Crippen molar-refractivity contribution in [3.63, 3.8) is 0 Å². The largest absolute Gasteiger partial charge is 0.381 e. The second-order valence-corrected chi connectivity index (χ2v) is 9.11. The van der Waals surface area contributed by atoms with E-state index in [1.807, 2.05) is 35.7 Å². The average molecular weight is 418 g/mol. The summed E-state index contributed by atoms with van der Waals surface area (Å²) in [6, 6.07) is 18.1. The molecule has 1 amide bonds. The van der Waals surface area contributed by atoms with Crippen LogP contribution in [0.5, 0.6) is 0 Å². The van der Waals surface area contributed by atoms with E-state index >= 15 is 0 Å². The molecule has 2 aromatic carbocycles. The zero-order valence-corrected chi connectivity index (χ0v) is 18.7. The van der Waals surface area contributed by atoms with Gasteiger partial charge in [-0.1, -0.05) is 58.0 Å². The third-order valence-corrected chi connectivity index (χ3v) is 5.90. The van der Waals surface area contributed by atoms with E-state index in [4.69, 9.17) is 0 Å². The van der Waals surface area contributed by atoms with Crippen LogP contribution in [0.3, 0.4) is 0 Å². The number of carbonyl (C=O) groups excluding carboxylic acids is 1. The van der Waals surface area contributed by atoms with E-state index in [-0.39, 0.29) is 11.3 Å². The van der Waals surface area contributed by atoms with Crippen molar-refractivity contribution in [1.29, 1.82) is 5.26 Å². The molecule has 0 aliphatic heterocycles. The van der Waals surface area contributed by atoms with E-state index in [1.54, 1.807) is 6.07 Å². The number of amides is 1. The second-order valence-electron chi connectivity index (χ2n) is 8.23. The first-order chi connectivity index (χ1) is 14.3. The first-order valence-electron chi connectivity index (χ1n) is 10.1. The smallest absolute Gasteiger partial charge is 0.256 e. The van der Waals surface area contributed by atoms with E-state index in [0.29, 0.717) is 22.7 Å². The van der Waals surface area contributed by atoms with Crippen molar-refractivity contribution < 1.29 is 4.79 Å². The van der Waals surface area contributed by atoms with Gasteiger partial charge in [-0.15, -0.1) is 11.3 Å². The fraction of sp³-hybridized carbons (Fsp3) is 0.280. The van der Waals surface area contributed by atoms with Gasteiger partial charge in [-0.05, 0) is 52.1 Å². The molecule has 0 radical (unpaired) electrons. The van der Waals surface area contributed by atoms with Gasteiger partial charge in [-0.3, -0.25) is 4.79 Å². The lowest BCUT2D eigenvalue weighted by Crippen LogP contribution is -2.15. The van der Waals surface area contributed by atoms with Gasteiger partial charge in [0, 0.05) is 17.8 Å². The molecule has 0 saturated carbocycles. The van der Waals surface area contributed by atoms with E-state index in [1.165, 1.54) is 16.9 Å². The molecule has 0 unspecified atom stereocenters. The molecule has 0 aliphatic rings. The monoisotopic (exact) mass is 417 g/mol. The van der Waals surface area contributed by atoms with Crippen LogP contribution in [0.4, 0.5) is 10.7 Å². The van der Waals surface area contributed by atoms with Crippen LogP contribution in [0.2, 0.25) is 0 Å². The number of nitrogens with one attached hydrogen (secondary N) is 2. The minimum atomic E-state index is -0.204. The highest BCUT2D eigenvalue weighted by molar-refractivity contribution is 7.14. The molecule has 3 aromatic rings. The highest BCUT2D eigenvalue weighted by Crippen LogP contribution is 2.35. The summed E-state index contributed by atoms with van der Waals surface area (Å²) in [5.74, 6) is -0.204. The van der Waals surface area contributed by atoms with Crippen LogP contribution in [0, 0.1) is 11.3 Å². The summed E-state index contributed by atoms with van der Waals surface area (Å²) in [5, 5.41) is 18.5. The molecule has 0 atom stereocenters. The topological polar surface area (TPSA) is 64.9 Å². The van der Waals surface area contributed by atoms with E-state index in [2.05, 4.69) is 56.5 Å². The number of hydrogen-bond acceptors (Lipinski definition) is 4. The Bertz CT molecular complexity index is 1090. The molecular weight excluding hydrogens is 390 g/mol. The van der Waals surface area contributed by atoms with Crippen molar-refractivity contribution in [3.05, 3.63) is 81.7 Å². The van der Waals surface area contributed by atoms with Gasteiger partial charge in [-0.2, -0.15) is 5.26 Å². The Morgan fingerprint density at radius 2 is 1.90 bits per heavy atom. The number of aryl methyl sites for hydroxylation is 1. The van der Waals surface area contributed by atoms with Crippen LogP contribution in [0.1, 0.15) is 60.3 Å². The fourth-order valence-corrected chi connectivity index (χ4v) is 4.44. The Morgan fingerprint density at radius 1 is 1.13 bits per heavy atom. The van der Waals surface area contributed by atoms with Crippen molar-refractivity contribution >= 4 is 27.9 Å². The van der Waals surface area contributed by atoms with Gasteiger partial charge in [0.1, 0.15) is 11.1 Å². The Balaban J connectivity index is 1.74. The van der Waals surface area contributed by atoms with Crippen molar-refractivity contribution in [3.8, 4) is 6.07 Å². The highest BCUT2D eigenvalue weighted by Gasteiger charge is 2.23. The molecule has 5 heteroatoms. The minimum absolute atomic E-state index is 0.148. The van der Waals surface area contributed by atoms with Gasteiger partial charge in [0.25, 0.3) is 5.91 Å². The maximum absolute atomic E-state index is 12.8. The third kappa shape index (κ3) is 4.90. The average Bonchev–Trinajstić information content (AvgIpc) is 3.15. The number of anilines is 2. The fourth-order valence-electron chi connectivity index (χ4n) is 3.31. The van der Waals surface area contributed by atoms with E-state index in [0.717, 1.165) is 23.2 Å². The van der Waals surface area contributed by atoms with Gasteiger partial charge >= 0.3 is 0 Å². The molecule has 4 nitrogen and oxygen atoms in total. The molecule has 30 heavy (non-hydrogen) atoms. The quantitative estimate of drug-likeness (QED) is 0.491. The lowest BCUT2D eigenvalue weighted by molar-refractivity contribution is 0.102. The zero-order valence-electron chi connectivity index (χ0n) is 17.9. The lowest BCUT2D eigenvalue weighted by Gasteiger charge is -2.17. The van der Waals surface area contributed by atoms with Crippen LogP contribution < -0.4 is 10.6 Å². The third-order valence-electron chi connectivity index (χ3n) is 5.01. The molecule has 1 aromatic heterocycles. The molecule has 0 fully saturated rings. The molecule has 2 N–H and O–H groups in total. The van der Waals surface area contributed by atoms with E-state index in [9.17, 15) is 10.1 Å². The first kappa shape index (κ1) is 21.6. The summed E-state index contributed by atoms with van der Waals surface area (Å²) in [4.78, 5) is 12.8. The van der Waals surface area contributed by atoms with Crippen LogP contribution in [-0.2, 0) is 18.4 Å². The molecule has 0 bridgehead atoms. The van der Waals surface area contributed by atoms with Gasteiger partial charge in [0.2, 0.25) is 0 Å². The molecule has 3 rings (SSSR count). The molecular formula is C25H27N3OS. The molecule has 154 valence electrons. The standard InChI is InChI=1S/C25H27N3OS/c1-5-18-10-6-7-12-22(18)27-15-17-9-8-11-19(13-17)23(29)28-24-20(14-26)21(16-30-24)25(2,3)4/h6-13,16,27H,5,15H2,1-4H3,(H,28,29). The normalized spacial score (nSPS) is 11.0. The molecule has 0 saturated heterocycles. The summed E-state index contributed by atoms with van der Waals surface area (Å²) < 4.78 is 0. The second kappa shape index (κ2) is 9.15. The Morgan fingerprint density at radius 3 is 2.60 bits per heavy atom. The summed E-state index contributed by atoms with van der Waals surface area (Å²) >= 11 is 1.40.